The number of rotatable bonds is 5. The Balaban J connectivity index is 0.000000107. The van der Waals surface area contributed by atoms with Gasteiger partial charge in [0, 0.05) is 150 Å². The smallest absolute Gasteiger partial charge is 0.245 e. The molecule has 15 aliphatic heterocycles. The number of fused-ring (bicyclic) bond motifs is 25. The lowest BCUT2D eigenvalue weighted by atomic mass is 9.86. The Hall–Kier alpha value is -17.4. The minimum Gasteiger partial charge on any atom is -0.454 e. The summed E-state index contributed by atoms with van der Waals surface area (Å²) in [6, 6.07) is -3.35. The standard InChI is InChI=1S/5C22H19N3O4/c5*1-24-10-19(26)25-16(22(24)27)9-14-13-4-2-3-5-15(13)23-20(14)21(25)12-6-7-17-18(8-12)29-11-28-17/h5*2-8,16,21,23H,9-11H2,1H3/t5*16-,21-/m11111/s1/i2D,3D,4D,5D,6D,7D,8D,16D,21D;2D,3D,4D,5D,11D2,16D,21D;2D,3D,4D,5D,16D,21D;6D,7D,8D,16D,21D;11D2,16D,21D. The highest BCUT2D eigenvalue weighted by molar-refractivity contribution is 6.03. The van der Waals surface area contributed by atoms with Crippen molar-refractivity contribution < 1.29 is 139 Å². The van der Waals surface area contributed by atoms with Gasteiger partial charge in [-0.05, 0) is 146 Å². The van der Waals surface area contributed by atoms with Crippen molar-refractivity contribution in [2.45, 2.75) is 92.3 Å². The average Bonchev–Trinajstić information content (AvgIpc) is 1.58. The van der Waals surface area contributed by atoms with Crippen LogP contribution in [0.1, 0.15) is 158 Å². The Labute approximate surface area is 871 Å². The van der Waals surface area contributed by atoms with Crippen LogP contribution in [0.4, 0.5) is 0 Å². The minimum absolute atomic E-state index is 0.00459. The van der Waals surface area contributed by atoms with Crippen LogP contribution in [0.5, 0.6) is 57.5 Å². The van der Waals surface area contributed by atoms with Gasteiger partial charge in [-0.15, -0.1) is 0 Å². The molecule has 5 saturated heterocycles. The quantitative estimate of drug-likeness (QED) is 0.107. The van der Waals surface area contributed by atoms with Crippen LogP contribution in [0.15, 0.2) is 212 Å². The van der Waals surface area contributed by atoms with Crippen molar-refractivity contribution in [2.75, 3.05) is 102 Å². The number of para-hydroxylation sites is 5. The predicted octanol–water partition coefficient (Wildman–Crippen LogP) is 11.1. The lowest BCUT2D eigenvalue weighted by Crippen LogP contribution is -2.62. The molecule has 35 heteroatoms. The molecule has 20 heterocycles. The number of H-pyrrole nitrogens is 5. The van der Waals surface area contributed by atoms with E-state index < -0.39 is 254 Å². The fourth-order valence-electron chi connectivity index (χ4n) is 20.6. The number of carbonyl (C=O) groups is 10. The van der Waals surface area contributed by atoms with Crippen molar-refractivity contribution in [1.29, 1.82) is 0 Å². The summed E-state index contributed by atoms with van der Waals surface area (Å²) in [5, 5.41) is 1.53. The molecule has 5 aromatic heterocycles. The highest BCUT2D eigenvalue weighted by Crippen LogP contribution is 2.53. The maximum Gasteiger partial charge on any atom is 0.245 e. The van der Waals surface area contributed by atoms with Crippen LogP contribution in [0.2, 0.25) is 0 Å². The third-order valence-corrected chi connectivity index (χ3v) is 27.2. The molecule has 0 saturated carbocycles. The van der Waals surface area contributed by atoms with Gasteiger partial charge in [0.2, 0.25) is 92.9 Å². The monoisotopic (exact) mass is 1980 g/mol. The van der Waals surface area contributed by atoms with Gasteiger partial charge in [-0.2, -0.15) is 0 Å². The number of benzene rings is 10. The summed E-state index contributed by atoms with van der Waals surface area (Å²) in [6.45, 7) is -7.20. The lowest BCUT2D eigenvalue weighted by molar-refractivity contribution is -0.157. The number of likely N-dealkylation sites (N-methyl/N-ethyl adjacent to an activating group) is 5. The van der Waals surface area contributed by atoms with Gasteiger partial charge in [-0.3, -0.25) is 47.9 Å². The first-order chi connectivity index (χ1) is 83.1. The molecule has 0 bridgehead atoms. The molecule has 5 fully saturated rings. The van der Waals surface area contributed by atoms with Crippen molar-refractivity contribution in [1.82, 2.24) is 73.9 Å². The van der Waals surface area contributed by atoms with Crippen LogP contribution in [0.25, 0.3) is 54.5 Å². The SMILES string of the molecule is [2H]C1([2H])Oc2ccc([C@]3([2H])c4[nH]c5ccccc5c4C[C@]4([2H])C(=O)N(C)CC(=O)N34)cc2O1.[2H]c1c([2H])c([2H])c2c3c([nH]c2c1[2H])[C@@]([2H])(c1ccc2c(c1)OC([2H])([2H])O2)N1C(=O)CN(C)C(=O)[C@@]1([2H])C3.[2H]c1c([2H])c([2H])c2c3c([nH]c2c1[2H])[C@@]([2H])(c1ccc2c(c1)OCO2)N1C(=O)CN(C)C(=O)[C@@]1([2H])C3.[2H]c1c([2H])c([C@]2([2H])c3[nH]c4c([2H])c([2H])c([2H])c([2H])c4c3C[C@]3([2H])C(=O)N(C)CC(=O)N23)c([2H])c2c1OCO2.[2H]c1c([2H])c([C@]2([2H])c3[nH]c4ccccc4c3C[C@]3([2H])C(=O)N(C)CC(=O)N23)c([2H])c2c1OCO2. The molecule has 10 aromatic carbocycles. The first-order valence-corrected chi connectivity index (χ1v) is 45.3. The van der Waals surface area contributed by atoms with Crippen LogP contribution in [0.3, 0.4) is 0 Å². The van der Waals surface area contributed by atoms with Crippen LogP contribution < -0.4 is 47.4 Å². The second-order valence-corrected chi connectivity index (χ2v) is 35.6. The van der Waals surface area contributed by atoms with E-state index in [2.05, 4.69) is 24.9 Å². The van der Waals surface area contributed by atoms with Crippen molar-refractivity contribution in [3.63, 3.8) is 0 Å². The van der Waals surface area contributed by atoms with Gasteiger partial charge >= 0.3 is 0 Å². The van der Waals surface area contributed by atoms with Crippen molar-refractivity contribution in [3.05, 3.63) is 296 Å². The van der Waals surface area contributed by atoms with Gasteiger partial charge < -0.3 is 121 Å². The first-order valence-electron chi connectivity index (χ1n) is 61.3. The van der Waals surface area contributed by atoms with Gasteiger partial charge in [0.05, 0.1) is 101 Å². The number of hydrogen-bond donors (Lipinski definition) is 5. The molecule has 10 amide bonds. The number of carbonyl (C=O) groups excluding carboxylic acids is 10. The zero-order chi connectivity index (χ0) is 127. The van der Waals surface area contributed by atoms with Crippen LogP contribution >= 0.6 is 0 Å². The minimum atomic E-state index is -2.66. The van der Waals surface area contributed by atoms with Gasteiger partial charge in [0.15, 0.2) is 57.5 Å². The second-order valence-electron chi connectivity index (χ2n) is 35.6. The Bertz CT molecular complexity index is 10100. The molecule has 15 aromatic rings. The number of piperazine rings is 5. The zero-order valence-electron chi connectivity index (χ0n) is 109. The number of amides is 10. The molecule has 15 aliphatic rings. The number of ether oxygens (including phenoxy) is 10. The van der Waals surface area contributed by atoms with E-state index in [1.54, 1.807) is 36.4 Å². The molecular formula is C110H95N15O20. The summed E-state index contributed by atoms with van der Waals surface area (Å²) < 4.78 is 329. The third kappa shape index (κ3) is 14.2. The molecular weight excluding hydrogens is 1850 g/mol. The second kappa shape index (κ2) is 33.9. The number of hydrogen-bond acceptors (Lipinski definition) is 20. The van der Waals surface area contributed by atoms with E-state index in [9.17, 15) is 61.7 Å². The Morgan fingerprint density at radius 3 is 0.855 bits per heavy atom. The molecule has 30 rings (SSSR count). The topological polar surface area (TPSA) is 374 Å². The fourth-order valence-corrected chi connectivity index (χ4v) is 20.6. The molecule has 10 atom stereocenters. The highest BCUT2D eigenvalue weighted by Gasteiger charge is 2.55. The Morgan fingerprint density at radius 2 is 0.524 bits per heavy atom. The van der Waals surface area contributed by atoms with E-state index in [1.165, 1.54) is 82.6 Å². The Kier molecular flexibility index (Phi) is 14.0. The average molecular weight is 1980 g/mol. The van der Waals surface area contributed by atoms with Crippen molar-refractivity contribution in [2.24, 2.45) is 0 Å². The third-order valence-electron chi connectivity index (χ3n) is 27.2. The van der Waals surface area contributed by atoms with E-state index in [4.69, 9.17) is 77.5 Å². The van der Waals surface area contributed by atoms with E-state index in [0.717, 1.165) is 50.1 Å². The van der Waals surface area contributed by atoms with E-state index in [-0.39, 0.29) is 218 Å². The lowest BCUT2D eigenvalue weighted by Gasteiger charge is -2.46. The van der Waals surface area contributed by atoms with Crippen LogP contribution in [0, 0.1) is 0 Å². The normalized spacial score (nSPS) is 31.7. The van der Waals surface area contributed by atoms with Gasteiger partial charge in [-0.25, -0.2) is 0 Å². The van der Waals surface area contributed by atoms with Gasteiger partial charge in [0.25, 0.3) is 0 Å². The summed E-state index contributed by atoms with van der Waals surface area (Å²) in [4.78, 5) is 159. The van der Waals surface area contributed by atoms with Gasteiger partial charge in [0.1, 0.15) is 35.6 Å². The maximum absolute atomic E-state index is 13.5. The Morgan fingerprint density at radius 1 is 0.269 bits per heavy atom. The number of aromatic nitrogens is 5. The number of nitrogens with zero attached hydrogens (tertiary/aromatic N) is 10. The van der Waals surface area contributed by atoms with Crippen molar-refractivity contribution in [3.8, 4) is 57.5 Å². The van der Waals surface area contributed by atoms with E-state index in [1.807, 2.05) is 24.3 Å². The van der Waals surface area contributed by atoms with Crippen LogP contribution in [-0.2, 0) is 80.0 Å². The predicted molar refractivity (Wildman–Crippen MR) is 523 cm³/mol. The molecule has 730 valence electrons. The van der Waals surface area contributed by atoms with E-state index >= 15 is 0 Å². The molecule has 145 heavy (non-hydrogen) atoms. The molecule has 5 N–H and O–H groups in total. The number of nitrogens with one attached hydrogen (secondary N) is 5. The van der Waals surface area contributed by atoms with Crippen LogP contribution in [-0.4, -0.2) is 265 Å². The molecule has 0 aliphatic carbocycles. The summed E-state index contributed by atoms with van der Waals surface area (Å²) in [6.07, 6.45) is -1.49. The summed E-state index contributed by atoms with van der Waals surface area (Å²) >= 11 is 0. The number of aromatic amines is 5. The summed E-state index contributed by atoms with van der Waals surface area (Å²) in [7, 11) is 7.02. The van der Waals surface area contributed by atoms with Crippen molar-refractivity contribution >= 4 is 114 Å². The molecule has 35 nitrogen and oxygen atoms in total. The first kappa shape index (κ1) is 60.0. The maximum atomic E-state index is 13.5. The summed E-state index contributed by atoms with van der Waals surface area (Å²) in [5.74, 6) is -6.39. The molecule has 0 unspecified atom stereocenters. The fraction of sp³-hybridized carbons (Fsp3) is 0.273. The molecule has 0 spiro atoms. The van der Waals surface area contributed by atoms with E-state index in [0.29, 0.717) is 44.1 Å². The largest absolute Gasteiger partial charge is 0.454 e. The highest BCUT2D eigenvalue weighted by atomic mass is 16.7. The summed E-state index contributed by atoms with van der Waals surface area (Å²) in [5.41, 5.74) is 2.90. The zero-order valence-corrected chi connectivity index (χ0v) is 76.6. The molecule has 0 radical (unpaired) electrons. The van der Waals surface area contributed by atoms with Gasteiger partial charge in [-0.1, -0.05) is 121 Å².